The van der Waals surface area contributed by atoms with Gasteiger partial charge in [0.2, 0.25) is 5.91 Å². The first-order valence-electron chi connectivity index (χ1n) is 9.25. The Bertz CT molecular complexity index is 581. The number of hydrogen-bond donors (Lipinski definition) is 0. The predicted molar refractivity (Wildman–Crippen MR) is 99.5 cm³/mol. The van der Waals surface area contributed by atoms with Crippen molar-refractivity contribution in [3.63, 3.8) is 0 Å². The van der Waals surface area contributed by atoms with Crippen LogP contribution in [0.1, 0.15) is 50.5 Å². The molecule has 0 N–H and O–H groups in total. The average Bonchev–Trinajstić information content (AvgIpc) is 2.61. The largest absolute Gasteiger partial charge is 0.340 e. The Labute approximate surface area is 151 Å². The number of nitrogens with zero attached hydrogens (tertiary/aromatic N) is 2. The maximum atomic E-state index is 13.6. The van der Waals surface area contributed by atoms with Gasteiger partial charge in [0, 0.05) is 24.2 Å². The number of piperidine rings is 1. The first-order valence-corrected chi connectivity index (χ1v) is 9.62. The van der Waals surface area contributed by atoms with Gasteiger partial charge in [0.05, 0.1) is 5.41 Å². The minimum Gasteiger partial charge on any atom is -0.340 e. The van der Waals surface area contributed by atoms with Crippen molar-refractivity contribution in [2.75, 3.05) is 27.2 Å². The van der Waals surface area contributed by atoms with Crippen LogP contribution in [0.15, 0.2) is 24.3 Å². The Balaban J connectivity index is 1.89. The molecular formula is C20H29ClN2O. The standard InChI is InChI=1S/C20H29ClN2O/c1-22(2)18-10-7-13-23(15-18)19(24)20(11-4-3-5-12-20)16-8-6-9-17(21)14-16/h6,8-9,14,18H,3-5,7,10-13,15H2,1-2H3. The maximum Gasteiger partial charge on any atom is 0.233 e. The lowest BCUT2D eigenvalue weighted by molar-refractivity contribution is -0.141. The summed E-state index contributed by atoms with van der Waals surface area (Å²) in [5.41, 5.74) is 0.754. The lowest BCUT2D eigenvalue weighted by atomic mass is 9.68. The molecule has 1 aliphatic heterocycles. The van der Waals surface area contributed by atoms with E-state index < -0.39 is 0 Å². The Kier molecular flexibility index (Phi) is 5.51. The molecule has 1 heterocycles. The molecule has 0 radical (unpaired) electrons. The van der Waals surface area contributed by atoms with E-state index in [9.17, 15) is 4.79 Å². The first kappa shape index (κ1) is 17.8. The molecule has 1 aromatic carbocycles. The zero-order valence-electron chi connectivity index (χ0n) is 14.9. The monoisotopic (exact) mass is 348 g/mol. The summed E-state index contributed by atoms with van der Waals surface area (Å²) in [4.78, 5) is 18.0. The van der Waals surface area contributed by atoms with E-state index in [2.05, 4.69) is 30.0 Å². The van der Waals surface area contributed by atoms with Gasteiger partial charge in [0.15, 0.2) is 0 Å². The Morgan fingerprint density at radius 3 is 2.62 bits per heavy atom. The van der Waals surface area contributed by atoms with Crippen molar-refractivity contribution in [1.29, 1.82) is 0 Å². The van der Waals surface area contributed by atoms with Gasteiger partial charge >= 0.3 is 0 Å². The van der Waals surface area contributed by atoms with Crippen LogP contribution in [0.3, 0.4) is 0 Å². The fourth-order valence-electron chi connectivity index (χ4n) is 4.43. The molecule has 1 saturated carbocycles. The summed E-state index contributed by atoms with van der Waals surface area (Å²) in [6.07, 6.45) is 7.67. The second-order valence-electron chi connectivity index (χ2n) is 7.66. The SMILES string of the molecule is CN(C)C1CCCN(C(=O)C2(c3cccc(Cl)c3)CCCCC2)C1. The molecule has 24 heavy (non-hydrogen) atoms. The van der Waals surface area contributed by atoms with Crippen molar-refractivity contribution in [3.8, 4) is 0 Å². The number of likely N-dealkylation sites (tertiary alicyclic amines) is 1. The lowest BCUT2D eigenvalue weighted by Gasteiger charge is -2.44. The van der Waals surface area contributed by atoms with E-state index >= 15 is 0 Å². The molecule has 0 bridgehead atoms. The van der Waals surface area contributed by atoms with Gasteiger partial charge in [-0.25, -0.2) is 0 Å². The minimum absolute atomic E-state index is 0.330. The van der Waals surface area contributed by atoms with Crippen LogP contribution >= 0.6 is 11.6 Å². The van der Waals surface area contributed by atoms with Gasteiger partial charge < -0.3 is 9.80 Å². The molecular weight excluding hydrogens is 320 g/mol. The van der Waals surface area contributed by atoms with Crippen LogP contribution in [0.4, 0.5) is 0 Å². The van der Waals surface area contributed by atoms with Crippen molar-refractivity contribution in [3.05, 3.63) is 34.9 Å². The Hall–Kier alpha value is -1.06. The zero-order valence-corrected chi connectivity index (χ0v) is 15.7. The molecule has 1 atom stereocenters. The topological polar surface area (TPSA) is 23.6 Å². The number of amides is 1. The van der Waals surface area contributed by atoms with Gasteiger partial charge in [-0.2, -0.15) is 0 Å². The second-order valence-corrected chi connectivity index (χ2v) is 8.10. The molecule has 3 nitrogen and oxygen atoms in total. The van der Waals surface area contributed by atoms with E-state index in [1.54, 1.807) is 0 Å². The molecule has 4 heteroatoms. The van der Waals surface area contributed by atoms with Gasteiger partial charge in [0.1, 0.15) is 0 Å². The van der Waals surface area contributed by atoms with Crippen LogP contribution in [0.5, 0.6) is 0 Å². The van der Waals surface area contributed by atoms with E-state index in [0.29, 0.717) is 11.9 Å². The number of halogens is 1. The summed E-state index contributed by atoms with van der Waals surface area (Å²) in [7, 11) is 4.23. The highest BCUT2D eigenvalue weighted by molar-refractivity contribution is 6.30. The normalized spacial score (nSPS) is 24.2. The van der Waals surface area contributed by atoms with Crippen molar-refractivity contribution < 1.29 is 4.79 Å². The smallest absolute Gasteiger partial charge is 0.233 e. The fraction of sp³-hybridized carbons (Fsp3) is 0.650. The summed E-state index contributed by atoms with van der Waals surface area (Å²) in [6.45, 7) is 1.75. The average molecular weight is 349 g/mol. The van der Waals surface area contributed by atoms with Crippen LogP contribution in [0, 0.1) is 0 Å². The molecule has 1 saturated heterocycles. The number of carbonyl (C=O) groups excluding carboxylic acids is 1. The van der Waals surface area contributed by atoms with E-state index in [1.165, 1.54) is 12.8 Å². The molecule has 0 spiro atoms. The summed E-state index contributed by atoms with van der Waals surface area (Å²) in [5.74, 6) is 0.330. The molecule has 132 valence electrons. The summed E-state index contributed by atoms with van der Waals surface area (Å²) in [6, 6.07) is 8.47. The molecule has 3 rings (SSSR count). The third-order valence-corrected chi connectivity index (χ3v) is 6.14. The summed E-state index contributed by atoms with van der Waals surface area (Å²) >= 11 is 6.25. The van der Waals surface area contributed by atoms with Gasteiger partial charge in [0.25, 0.3) is 0 Å². The molecule has 1 aliphatic carbocycles. The zero-order chi connectivity index (χ0) is 17.2. The van der Waals surface area contributed by atoms with Crippen molar-refractivity contribution in [1.82, 2.24) is 9.80 Å². The first-order chi connectivity index (χ1) is 11.5. The second kappa shape index (κ2) is 7.45. The minimum atomic E-state index is -0.364. The van der Waals surface area contributed by atoms with Crippen molar-refractivity contribution in [2.45, 2.75) is 56.4 Å². The number of carbonyl (C=O) groups is 1. The number of hydrogen-bond acceptors (Lipinski definition) is 2. The van der Waals surface area contributed by atoms with Crippen LogP contribution in [-0.2, 0) is 10.2 Å². The van der Waals surface area contributed by atoms with E-state index in [1.807, 2.05) is 18.2 Å². The molecule has 2 aliphatic rings. The molecule has 0 aromatic heterocycles. The third-order valence-electron chi connectivity index (χ3n) is 5.91. The maximum absolute atomic E-state index is 13.6. The highest BCUT2D eigenvalue weighted by Gasteiger charge is 2.44. The molecule has 1 unspecified atom stereocenters. The molecule has 1 amide bonds. The van der Waals surface area contributed by atoms with Crippen molar-refractivity contribution >= 4 is 17.5 Å². The fourth-order valence-corrected chi connectivity index (χ4v) is 4.62. The Morgan fingerprint density at radius 2 is 1.96 bits per heavy atom. The lowest BCUT2D eigenvalue weighted by Crippen LogP contribution is -2.54. The van der Waals surface area contributed by atoms with Crippen LogP contribution < -0.4 is 0 Å². The molecule has 2 fully saturated rings. The quantitative estimate of drug-likeness (QED) is 0.821. The van der Waals surface area contributed by atoms with Gasteiger partial charge in [-0.1, -0.05) is 43.0 Å². The Morgan fingerprint density at radius 1 is 1.21 bits per heavy atom. The van der Waals surface area contributed by atoms with Crippen LogP contribution in [0.2, 0.25) is 5.02 Å². The highest BCUT2D eigenvalue weighted by atomic mass is 35.5. The third kappa shape index (κ3) is 3.48. The molecule has 1 aromatic rings. The highest BCUT2D eigenvalue weighted by Crippen LogP contribution is 2.42. The summed E-state index contributed by atoms with van der Waals surface area (Å²) in [5, 5.41) is 0.732. The summed E-state index contributed by atoms with van der Waals surface area (Å²) < 4.78 is 0. The number of benzene rings is 1. The van der Waals surface area contributed by atoms with E-state index in [4.69, 9.17) is 11.6 Å². The van der Waals surface area contributed by atoms with E-state index in [-0.39, 0.29) is 5.41 Å². The van der Waals surface area contributed by atoms with Crippen LogP contribution in [-0.4, -0.2) is 48.9 Å². The van der Waals surface area contributed by atoms with Crippen molar-refractivity contribution in [2.24, 2.45) is 0 Å². The number of rotatable bonds is 3. The van der Waals surface area contributed by atoms with Crippen LogP contribution in [0.25, 0.3) is 0 Å². The number of likely N-dealkylation sites (N-methyl/N-ethyl adjacent to an activating group) is 1. The predicted octanol–water partition coefficient (Wildman–Crippen LogP) is 4.09. The van der Waals surface area contributed by atoms with Gasteiger partial charge in [-0.3, -0.25) is 4.79 Å². The van der Waals surface area contributed by atoms with Gasteiger partial charge in [-0.05, 0) is 57.5 Å². The van der Waals surface area contributed by atoms with E-state index in [0.717, 1.165) is 55.8 Å². The van der Waals surface area contributed by atoms with Gasteiger partial charge in [-0.15, -0.1) is 0 Å².